The van der Waals surface area contributed by atoms with Gasteiger partial charge in [0.05, 0.1) is 28.7 Å². The number of alkyl halides is 3. The SMILES string of the molecule is CC1CN(Cc2c(O)ccc3c(=O)c(-c4ccccc4Cl)c(C(F)(F)F)oc23)CC(C)O1. The molecule has 1 aromatic heterocycles. The topological polar surface area (TPSA) is 62.9 Å². The molecule has 0 saturated carbocycles. The van der Waals surface area contributed by atoms with Crippen LogP contribution in [0.5, 0.6) is 5.75 Å². The minimum atomic E-state index is -4.95. The first kappa shape index (κ1) is 22.6. The van der Waals surface area contributed by atoms with Gasteiger partial charge in [-0.25, -0.2) is 0 Å². The molecule has 1 aliphatic heterocycles. The Hall–Kier alpha value is -2.55. The standard InChI is InChI=1S/C23H21ClF3NO4/c1-12-9-28(10-13(2)31-12)11-16-18(29)8-7-15-20(30)19(14-5-3-4-6-17(14)24)22(23(25,26)27)32-21(15)16/h3-8,12-13,29H,9-11H2,1-2H3. The lowest BCUT2D eigenvalue weighted by atomic mass is 10.00. The summed E-state index contributed by atoms with van der Waals surface area (Å²) in [6, 6.07) is 8.37. The first-order valence-electron chi connectivity index (χ1n) is 10.1. The summed E-state index contributed by atoms with van der Waals surface area (Å²) in [7, 11) is 0. The molecule has 1 saturated heterocycles. The van der Waals surface area contributed by atoms with Crippen molar-refractivity contribution < 1.29 is 27.4 Å². The number of morpholine rings is 1. The van der Waals surface area contributed by atoms with E-state index >= 15 is 0 Å². The van der Waals surface area contributed by atoms with Crippen molar-refractivity contribution >= 4 is 22.6 Å². The Labute approximate surface area is 187 Å². The molecule has 0 radical (unpaired) electrons. The van der Waals surface area contributed by atoms with E-state index in [0.717, 1.165) is 0 Å². The first-order valence-corrected chi connectivity index (χ1v) is 10.5. The highest BCUT2D eigenvalue weighted by atomic mass is 35.5. The van der Waals surface area contributed by atoms with Crippen LogP contribution in [0.1, 0.15) is 25.2 Å². The molecule has 0 spiro atoms. The number of phenols is 1. The normalized spacial score (nSPS) is 20.1. The molecule has 0 amide bonds. The lowest BCUT2D eigenvalue weighted by Crippen LogP contribution is -2.44. The van der Waals surface area contributed by atoms with Crippen LogP contribution < -0.4 is 5.43 Å². The molecular formula is C23H21ClF3NO4. The summed E-state index contributed by atoms with van der Waals surface area (Å²) in [6.07, 6.45) is -5.12. The van der Waals surface area contributed by atoms with Crippen LogP contribution >= 0.6 is 11.6 Å². The van der Waals surface area contributed by atoms with Crippen molar-refractivity contribution in [2.24, 2.45) is 0 Å². The van der Waals surface area contributed by atoms with E-state index in [4.69, 9.17) is 20.8 Å². The van der Waals surface area contributed by atoms with Gasteiger partial charge in [-0.2, -0.15) is 13.2 Å². The Bertz CT molecular complexity index is 1210. The summed E-state index contributed by atoms with van der Waals surface area (Å²) in [5, 5.41) is 10.4. The highest BCUT2D eigenvalue weighted by Crippen LogP contribution is 2.41. The van der Waals surface area contributed by atoms with Crippen molar-refractivity contribution in [1.82, 2.24) is 4.90 Å². The lowest BCUT2D eigenvalue weighted by Gasteiger charge is -2.35. The fourth-order valence-electron chi connectivity index (χ4n) is 4.20. The number of hydrogen-bond donors (Lipinski definition) is 1. The average Bonchev–Trinajstić information content (AvgIpc) is 2.69. The van der Waals surface area contributed by atoms with E-state index in [1.807, 2.05) is 18.7 Å². The summed E-state index contributed by atoms with van der Waals surface area (Å²) in [5.74, 6) is -1.69. The van der Waals surface area contributed by atoms with Gasteiger partial charge in [-0.1, -0.05) is 29.8 Å². The van der Waals surface area contributed by atoms with E-state index < -0.39 is 22.9 Å². The van der Waals surface area contributed by atoms with Crippen molar-refractivity contribution in [3.63, 3.8) is 0 Å². The van der Waals surface area contributed by atoms with Crippen LogP contribution in [0.4, 0.5) is 13.2 Å². The Morgan fingerprint density at radius 1 is 1.12 bits per heavy atom. The number of rotatable bonds is 3. The highest BCUT2D eigenvalue weighted by molar-refractivity contribution is 6.33. The maximum absolute atomic E-state index is 14.0. The molecule has 3 aromatic rings. The molecule has 5 nitrogen and oxygen atoms in total. The Balaban J connectivity index is 1.95. The van der Waals surface area contributed by atoms with Crippen molar-refractivity contribution in [2.45, 2.75) is 38.8 Å². The fraction of sp³-hybridized carbons (Fsp3) is 0.348. The van der Waals surface area contributed by atoms with Crippen LogP contribution in [-0.4, -0.2) is 35.3 Å². The molecule has 1 N–H and O–H groups in total. The molecule has 2 unspecified atom stereocenters. The summed E-state index contributed by atoms with van der Waals surface area (Å²) in [6.45, 7) is 4.93. The minimum Gasteiger partial charge on any atom is -0.507 e. The predicted molar refractivity (Wildman–Crippen MR) is 115 cm³/mol. The van der Waals surface area contributed by atoms with Crippen molar-refractivity contribution in [3.8, 4) is 16.9 Å². The third-order valence-corrected chi connectivity index (χ3v) is 5.75. The number of hydrogen-bond acceptors (Lipinski definition) is 5. The second kappa shape index (κ2) is 8.42. The number of halogens is 4. The lowest BCUT2D eigenvalue weighted by molar-refractivity contribution is -0.152. The Kier molecular flexibility index (Phi) is 5.96. The molecule has 32 heavy (non-hydrogen) atoms. The number of aromatic hydroxyl groups is 1. The van der Waals surface area contributed by atoms with Crippen molar-refractivity contribution in [1.29, 1.82) is 0 Å². The van der Waals surface area contributed by atoms with Gasteiger partial charge in [-0.15, -0.1) is 0 Å². The highest BCUT2D eigenvalue weighted by Gasteiger charge is 2.40. The molecule has 1 fully saturated rings. The minimum absolute atomic E-state index is 0.0000521. The average molecular weight is 468 g/mol. The van der Waals surface area contributed by atoms with E-state index in [9.17, 15) is 23.1 Å². The number of ether oxygens (including phenoxy) is 1. The van der Waals surface area contributed by atoms with Crippen molar-refractivity contribution in [3.05, 3.63) is 63.0 Å². The molecule has 1 aliphatic rings. The monoisotopic (exact) mass is 467 g/mol. The second-order valence-electron chi connectivity index (χ2n) is 8.00. The van der Waals surface area contributed by atoms with E-state index in [0.29, 0.717) is 13.1 Å². The van der Waals surface area contributed by atoms with Gasteiger partial charge in [-0.05, 0) is 32.0 Å². The van der Waals surface area contributed by atoms with E-state index in [1.54, 1.807) is 6.07 Å². The molecule has 0 bridgehead atoms. The van der Waals surface area contributed by atoms with Crippen LogP contribution in [0.15, 0.2) is 45.6 Å². The molecule has 0 aliphatic carbocycles. The van der Waals surface area contributed by atoms with Crippen LogP contribution in [0.3, 0.4) is 0 Å². The zero-order valence-corrected chi connectivity index (χ0v) is 18.1. The molecular weight excluding hydrogens is 447 g/mol. The number of benzene rings is 2. The van der Waals surface area contributed by atoms with E-state index in [2.05, 4.69) is 0 Å². The zero-order chi connectivity index (χ0) is 23.2. The second-order valence-corrected chi connectivity index (χ2v) is 8.41. The largest absolute Gasteiger partial charge is 0.507 e. The maximum Gasteiger partial charge on any atom is 0.450 e. The van der Waals surface area contributed by atoms with Gasteiger partial charge in [0.2, 0.25) is 11.2 Å². The predicted octanol–water partition coefficient (Wildman–Crippen LogP) is 5.45. The third kappa shape index (κ3) is 4.22. The Morgan fingerprint density at radius 3 is 2.41 bits per heavy atom. The van der Waals surface area contributed by atoms with Crippen LogP contribution in [-0.2, 0) is 17.5 Å². The van der Waals surface area contributed by atoms with Gasteiger partial charge in [0.15, 0.2) is 0 Å². The number of nitrogens with zero attached hydrogens (tertiary/aromatic N) is 1. The maximum atomic E-state index is 14.0. The fourth-order valence-corrected chi connectivity index (χ4v) is 4.43. The summed E-state index contributed by atoms with van der Waals surface area (Å²) in [4.78, 5) is 15.2. The van der Waals surface area contributed by atoms with Gasteiger partial charge in [-0.3, -0.25) is 9.69 Å². The quantitative estimate of drug-likeness (QED) is 0.555. The molecule has 2 heterocycles. The van der Waals surface area contributed by atoms with E-state index in [1.165, 1.54) is 30.3 Å². The van der Waals surface area contributed by atoms with Gasteiger partial charge in [0, 0.05) is 30.2 Å². The number of fused-ring (bicyclic) bond motifs is 1. The number of phenolic OH excluding ortho intramolecular Hbond substituents is 1. The molecule has 170 valence electrons. The van der Waals surface area contributed by atoms with Crippen LogP contribution in [0.25, 0.3) is 22.1 Å². The molecule has 4 rings (SSSR count). The smallest absolute Gasteiger partial charge is 0.450 e. The summed E-state index contributed by atoms with van der Waals surface area (Å²) < 4.78 is 53.1. The van der Waals surface area contributed by atoms with Crippen LogP contribution in [0.2, 0.25) is 5.02 Å². The zero-order valence-electron chi connectivity index (χ0n) is 17.4. The summed E-state index contributed by atoms with van der Waals surface area (Å²) >= 11 is 6.11. The van der Waals surface area contributed by atoms with Crippen molar-refractivity contribution in [2.75, 3.05) is 13.1 Å². The Morgan fingerprint density at radius 2 is 1.78 bits per heavy atom. The van der Waals surface area contributed by atoms with E-state index in [-0.39, 0.29) is 51.6 Å². The van der Waals surface area contributed by atoms with Gasteiger partial charge in [0.25, 0.3) is 0 Å². The molecule has 2 atom stereocenters. The van der Waals surface area contributed by atoms with Gasteiger partial charge < -0.3 is 14.3 Å². The van der Waals surface area contributed by atoms with Gasteiger partial charge in [0.1, 0.15) is 11.3 Å². The summed E-state index contributed by atoms with van der Waals surface area (Å²) in [5.41, 5.74) is -1.75. The van der Waals surface area contributed by atoms with Gasteiger partial charge >= 0.3 is 6.18 Å². The van der Waals surface area contributed by atoms with Crippen LogP contribution in [0, 0.1) is 0 Å². The molecule has 2 aromatic carbocycles. The first-order chi connectivity index (χ1) is 15.1. The molecule has 9 heteroatoms. The third-order valence-electron chi connectivity index (χ3n) is 5.42.